The molecule has 0 radical (unpaired) electrons. The average molecular weight is 281 g/mol. The zero-order valence-electron chi connectivity index (χ0n) is 12.2. The van der Waals surface area contributed by atoms with Gasteiger partial charge in [-0.25, -0.2) is 0 Å². The maximum atomic E-state index is 12.3. The molecule has 2 aromatic carbocycles. The van der Waals surface area contributed by atoms with Gasteiger partial charge in [-0.1, -0.05) is 60.2 Å². The van der Waals surface area contributed by atoms with Crippen LogP contribution < -0.4 is 0 Å². The number of amides is 1. The van der Waals surface area contributed by atoms with Gasteiger partial charge in [-0.05, 0) is 18.1 Å². The normalized spacial score (nSPS) is 18.0. The van der Waals surface area contributed by atoms with E-state index in [-0.39, 0.29) is 12.0 Å². The van der Waals surface area contributed by atoms with Gasteiger partial charge in [0.05, 0.1) is 13.0 Å². The third kappa shape index (κ3) is 3.31. The van der Waals surface area contributed by atoms with Crippen LogP contribution in [0.5, 0.6) is 0 Å². The highest BCUT2D eigenvalue weighted by atomic mass is 16.5. The number of hydrogen-bond donors (Lipinski definition) is 0. The molecule has 1 saturated heterocycles. The summed E-state index contributed by atoms with van der Waals surface area (Å²) in [6.07, 6.45) is 0.430. The Kier molecular flexibility index (Phi) is 4.02. The third-order valence-corrected chi connectivity index (χ3v) is 3.78. The summed E-state index contributed by atoms with van der Waals surface area (Å²) in [6, 6.07) is 18.1. The van der Waals surface area contributed by atoms with Gasteiger partial charge in [0.15, 0.2) is 0 Å². The number of carbonyl (C=O) groups is 1. The Morgan fingerprint density at radius 1 is 1.19 bits per heavy atom. The highest BCUT2D eigenvalue weighted by Gasteiger charge is 2.27. The minimum Gasteiger partial charge on any atom is -0.351 e. The second kappa shape index (κ2) is 6.10. The fourth-order valence-electron chi connectivity index (χ4n) is 2.64. The maximum Gasteiger partial charge on any atom is 0.228 e. The van der Waals surface area contributed by atoms with Crippen LogP contribution >= 0.6 is 0 Å². The summed E-state index contributed by atoms with van der Waals surface area (Å²) in [6.45, 7) is 3.05. The Labute approximate surface area is 125 Å². The van der Waals surface area contributed by atoms with Crippen LogP contribution in [-0.4, -0.2) is 24.1 Å². The summed E-state index contributed by atoms with van der Waals surface area (Å²) in [4.78, 5) is 14.1. The molecule has 1 amide bonds. The maximum absolute atomic E-state index is 12.3. The molecule has 1 aliphatic heterocycles. The van der Waals surface area contributed by atoms with Crippen LogP contribution in [0.1, 0.15) is 22.8 Å². The Balaban J connectivity index is 1.62. The fourth-order valence-corrected chi connectivity index (χ4v) is 2.64. The van der Waals surface area contributed by atoms with Crippen molar-refractivity contribution in [2.24, 2.45) is 0 Å². The van der Waals surface area contributed by atoms with Gasteiger partial charge >= 0.3 is 0 Å². The predicted molar refractivity (Wildman–Crippen MR) is 81.7 cm³/mol. The first-order valence-corrected chi connectivity index (χ1v) is 7.22. The van der Waals surface area contributed by atoms with Crippen molar-refractivity contribution >= 4 is 5.91 Å². The van der Waals surface area contributed by atoms with Crippen molar-refractivity contribution in [2.45, 2.75) is 19.4 Å². The molecule has 2 aromatic rings. The molecule has 0 aliphatic carbocycles. The van der Waals surface area contributed by atoms with E-state index in [1.165, 1.54) is 5.56 Å². The van der Waals surface area contributed by atoms with E-state index in [1.807, 2.05) is 55.5 Å². The Morgan fingerprint density at radius 2 is 2.00 bits per heavy atom. The molecule has 1 unspecified atom stereocenters. The number of nitrogens with zero attached hydrogens (tertiary/aromatic N) is 1. The smallest absolute Gasteiger partial charge is 0.228 e. The minimum absolute atomic E-state index is 0.00680. The van der Waals surface area contributed by atoms with Gasteiger partial charge in [0.1, 0.15) is 12.8 Å². The standard InChI is InChI=1S/C18H19NO2/c1-14-6-5-7-15(10-14)11-18(20)19-12-17(21-13-19)16-8-3-2-4-9-16/h2-10,17H,11-13H2,1H3. The van der Waals surface area contributed by atoms with Crippen LogP contribution in [0.4, 0.5) is 0 Å². The van der Waals surface area contributed by atoms with Gasteiger partial charge in [-0.2, -0.15) is 0 Å². The van der Waals surface area contributed by atoms with Crippen LogP contribution in [-0.2, 0) is 16.0 Å². The average Bonchev–Trinajstić information content (AvgIpc) is 2.98. The molecule has 1 heterocycles. The molecule has 3 rings (SSSR count). The van der Waals surface area contributed by atoms with Gasteiger partial charge in [-0.3, -0.25) is 4.79 Å². The lowest BCUT2D eigenvalue weighted by molar-refractivity contribution is -0.130. The lowest BCUT2D eigenvalue weighted by Gasteiger charge is -2.14. The van der Waals surface area contributed by atoms with Gasteiger partial charge < -0.3 is 9.64 Å². The van der Waals surface area contributed by atoms with Gasteiger partial charge in [0.25, 0.3) is 0 Å². The molecule has 1 atom stereocenters. The Morgan fingerprint density at radius 3 is 2.76 bits per heavy atom. The van der Waals surface area contributed by atoms with Crippen LogP contribution in [0.15, 0.2) is 54.6 Å². The lowest BCUT2D eigenvalue weighted by atomic mass is 10.1. The number of carbonyl (C=O) groups excluding carboxylic acids is 1. The van der Waals surface area contributed by atoms with Gasteiger partial charge in [-0.15, -0.1) is 0 Å². The van der Waals surface area contributed by atoms with Crippen molar-refractivity contribution in [3.8, 4) is 0 Å². The third-order valence-electron chi connectivity index (χ3n) is 3.78. The van der Waals surface area contributed by atoms with Crippen molar-refractivity contribution in [1.29, 1.82) is 0 Å². The lowest BCUT2D eigenvalue weighted by Crippen LogP contribution is -2.30. The molecule has 0 bridgehead atoms. The molecule has 3 heteroatoms. The first-order chi connectivity index (χ1) is 10.2. The molecule has 1 fully saturated rings. The zero-order valence-corrected chi connectivity index (χ0v) is 12.2. The monoisotopic (exact) mass is 281 g/mol. The summed E-state index contributed by atoms with van der Waals surface area (Å²) in [5.41, 5.74) is 3.37. The molecular formula is C18H19NO2. The van der Waals surface area contributed by atoms with Crippen LogP contribution in [0, 0.1) is 6.92 Å². The summed E-state index contributed by atoms with van der Waals surface area (Å²) in [5.74, 6) is 0.124. The van der Waals surface area contributed by atoms with Crippen LogP contribution in [0.2, 0.25) is 0 Å². The number of hydrogen-bond acceptors (Lipinski definition) is 2. The van der Waals surface area contributed by atoms with Crippen molar-refractivity contribution in [1.82, 2.24) is 4.90 Å². The van der Waals surface area contributed by atoms with Gasteiger partial charge in [0.2, 0.25) is 5.91 Å². The highest BCUT2D eigenvalue weighted by molar-refractivity contribution is 5.79. The van der Waals surface area contributed by atoms with Gasteiger partial charge in [0, 0.05) is 0 Å². The van der Waals surface area contributed by atoms with Crippen molar-refractivity contribution in [3.63, 3.8) is 0 Å². The summed E-state index contributed by atoms with van der Waals surface area (Å²) in [5, 5.41) is 0. The number of ether oxygens (including phenoxy) is 1. The van der Waals surface area contributed by atoms with E-state index in [0.717, 1.165) is 11.1 Å². The van der Waals surface area contributed by atoms with E-state index in [0.29, 0.717) is 19.7 Å². The molecule has 0 N–H and O–H groups in total. The second-order valence-electron chi connectivity index (χ2n) is 5.48. The Bertz CT molecular complexity index is 624. The molecule has 108 valence electrons. The van der Waals surface area contributed by atoms with E-state index in [2.05, 4.69) is 6.07 Å². The fraction of sp³-hybridized carbons (Fsp3) is 0.278. The molecule has 0 aromatic heterocycles. The number of aryl methyl sites for hydroxylation is 1. The van der Waals surface area contributed by atoms with E-state index < -0.39 is 0 Å². The molecule has 0 spiro atoms. The summed E-state index contributed by atoms with van der Waals surface area (Å²) in [7, 11) is 0. The number of benzene rings is 2. The van der Waals surface area contributed by atoms with Crippen molar-refractivity contribution < 1.29 is 9.53 Å². The highest BCUT2D eigenvalue weighted by Crippen LogP contribution is 2.24. The minimum atomic E-state index is -0.00680. The van der Waals surface area contributed by atoms with Crippen LogP contribution in [0.25, 0.3) is 0 Å². The number of rotatable bonds is 3. The van der Waals surface area contributed by atoms with Crippen LogP contribution in [0.3, 0.4) is 0 Å². The Hall–Kier alpha value is -2.13. The zero-order chi connectivity index (χ0) is 14.7. The first kappa shape index (κ1) is 13.8. The molecule has 3 nitrogen and oxygen atoms in total. The molecule has 1 aliphatic rings. The largest absolute Gasteiger partial charge is 0.351 e. The topological polar surface area (TPSA) is 29.5 Å². The van der Waals surface area contributed by atoms with Crippen molar-refractivity contribution in [3.05, 3.63) is 71.3 Å². The molecular weight excluding hydrogens is 262 g/mol. The summed E-state index contributed by atoms with van der Waals surface area (Å²) < 4.78 is 5.74. The molecule has 21 heavy (non-hydrogen) atoms. The van der Waals surface area contributed by atoms with E-state index in [4.69, 9.17) is 4.74 Å². The van der Waals surface area contributed by atoms with Crippen molar-refractivity contribution in [2.75, 3.05) is 13.3 Å². The van der Waals surface area contributed by atoms with E-state index in [1.54, 1.807) is 4.90 Å². The van der Waals surface area contributed by atoms with E-state index in [9.17, 15) is 4.79 Å². The molecule has 0 saturated carbocycles. The summed E-state index contributed by atoms with van der Waals surface area (Å²) >= 11 is 0. The quantitative estimate of drug-likeness (QED) is 0.865. The van der Waals surface area contributed by atoms with E-state index >= 15 is 0 Å². The first-order valence-electron chi connectivity index (χ1n) is 7.22. The predicted octanol–water partition coefficient (Wildman–Crippen LogP) is 3.10. The second-order valence-corrected chi connectivity index (χ2v) is 5.48. The SMILES string of the molecule is Cc1cccc(CC(=O)N2COC(c3ccccc3)C2)c1.